The first-order valence-electron chi connectivity index (χ1n) is 9.69. The molecule has 0 bridgehead atoms. The molecule has 4 aromatic rings. The van der Waals surface area contributed by atoms with E-state index in [1.54, 1.807) is 0 Å². The molecule has 3 nitrogen and oxygen atoms in total. The maximum absolute atomic E-state index is 13.1. The number of Topliss-reactive ketones (excluding diaryl/α,β-unsaturated/α-hetero) is 1. The molecule has 0 fully saturated rings. The van der Waals surface area contributed by atoms with Crippen LogP contribution in [-0.4, -0.2) is 10.4 Å². The van der Waals surface area contributed by atoms with Crippen LogP contribution in [0.3, 0.4) is 0 Å². The van der Waals surface area contributed by atoms with Gasteiger partial charge in [0, 0.05) is 5.56 Å². The Kier molecular flexibility index (Phi) is 4.82. The SMILES string of the molecule is Cc1cc2c(cc1C)[n+](Cc1ccccc1)cn2[C@@H](C)C(=O)c1ccccc1. The first kappa shape index (κ1) is 18.2. The third-order valence-electron chi connectivity index (χ3n) is 5.49. The predicted molar refractivity (Wildman–Crippen MR) is 113 cm³/mol. The van der Waals surface area contributed by atoms with Gasteiger partial charge in [0.2, 0.25) is 12.1 Å². The highest BCUT2D eigenvalue weighted by Crippen LogP contribution is 2.23. The Hall–Kier alpha value is -3.20. The number of benzene rings is 3. The van der Waals surface area contributed by atoms with E-state index in [0.717, 1.165) is 23.1 Å². The number of fused-ring (bicyclic) bond motifs is 1. The van der Waals surface area contributed by atoms with Crippen molar-refractivity contribution in [2.75, 3.05) is 0 Å². The van der Waals surface area contributed by atoms with Gasteiger partial charge in [0.1, 0.15) is 6.54 Å². The van der Waals surface area contributed by atoms with Crippen molar-refractivity contribution in [2.24, 2.45) is 0 Å². The lowest BCUT2D eigenvalue weighted by molar-refractivity contribution is -0.663. The normalized spacial score (nSPS) is 12.2. The van der Waals surface area contributed by atoms with Crippen molar-refractivity contribution in [1.29, 1.82) is 0 Å². The molecule has 0 aliphatic rings. The summed E-state index contributed by atoms with van der Waals surface area (Å²) in [6.45, 7) is 7.02. The maximum atomic E-state index is 13.1. The largest absolute Gasteiger partial charge is 0.289 e. The van der Waals surface area contributed by atoms with Gasteiger partial charge < -0.3 is 0 Å². The zero-order valence-corrected chi connectivity index (χ0v) is 16.6. The Morgan fingerprint density at radius 3 is 2.21 bits per heavy atom. The summed E-state index contributed by atoms with van der Waals surface area (Å²) in [4.78, 5) is 13.1. The van der Waals surface area contributed by atoms with Crippen LogP contribution in [0, 0.1) is 13.8 Å². The summed E-state index contributed by atoms with van der Waals surface area (Å²) >= 11 is 0. The average molecular weight is 369 g/mol. The molecule has 0 N–H and O–H groups in total. The van der Waals surface area contributed by atoms with Gasteiger partial charge in [-0.05, 0) is 49.6 Å². The summed E-state index contributed by atoms with van der Waals surface area (Å²) in [5.41, 5.74) is 6.73. The fraction of sp³-hybridized carbons (Fsp3) is 0.200. The molecule has 4 rings (SSSR count). The highest BCUT2D eigenvalue weighted by Gasteiger charge is 2.26. The van der Waals surface area contributed by atoms with Gasteiger partial charge in [-0.3, -0.25) is 4.79 Å². The summed E-state index contributed by atoms with van der Waals surface area (Å²) < 4.78 is 4.35. The maximum Gasteiger partial charge on any atom is 0.245 e. The number of nitrogens with zero attached hydrogens (tertiary/aromatic N) is 2. The van der Waals surface area contributed by atoms with Gasteiger partial charge in [-0.1, -0.05) is 60.7 Å². The molecular formula is C25H25N2O+. The number of aryl methyl sites for hydroxylation is 2. The van der Waals surface area contributed by atoms with Gasteiger partial charge >= 0.3 is 0 Å². The van der Waals surface area contributed by atoms with Crippen molar-refractivity contribution < 1.29 is 9.36 Å². The van der Waals surface area contributed by atoms with Gasteiger partial charge in [-0.15, -0.1) is 0 Å². The second kappa shape index (κ2) is 7.43. The van der Waals surface area contributed by atoms with E-state index in [-0.39, 0.29) is 11.8 Å². The van der Waals surface area contributed by atoms with E-state index in [4.69, 9.17) is 0 Å². The van der Waals surface area contributed by atoms with Crippen LogP contribution < -0.4 is 4.57 Å². The highest BCUT2D eigenvalue weighted by atomic mass is 16.1. The van der Waals surface area contributed by atoms with Crippen LogP contribution in [0.25, 0.3) is 11.0 Å². The van der Waals surface area contributed by atoms with Gasteiger partial charge in [0.25, 0.3) is 0 Å². The second-order valence-corrected chi connectivity index (χ2v) is 7.47. The van der Waals surface area contributed by atoms with Crippen molar-refractivity contribution in [2.45, 2.75) is 33.4 Å². The lowest BCUT2D eigenvalue weighted by Crippen LogP contribution is -2.33. The van der Waals surface area contributed by atoms with Gasteiger partial charge in [0.15, 0.2) is 17.1 Å². The van der Waals surface area contributed by atoms with Gasteiger partial charge in [-0.25, -0.2) is 9.13 Å². The first-order chi connectivity index (χ1) is 13.5. The number of hydrogen-bond acceptors (Lipinski definition) is 1. The number of carbonyl (C=O) groups excluding carboxylic acids is 1. The molecule has 0 aliphatic carbocycles. The monoisotopic (exact) mass is 369 g/mol. The number of aromatic nitrogens is 2. The summed E-state index contributed by atoms with van der Waals surface area (Å²) in [6.07, 6.45) is 2.09. The van der Waals surface area contributed by atoms with E-state index < -0.39 is 0 Å². The highest BCUT2D eigenvalue weighted by molar-refractivity contribution is 5.99. The minimum Gasteiger partial charge on any atom is -0.289 e. The molecule has 0 unspecified atom stereocenters. The predicted octanol–water partition coefficient (Wildman–Crippen LogP) is 5.04. The molecule has 28 heavy (non-hydrogen) atoms. The van der Waals surface area contributed by atoms with Crippen molar-refractivity contribution in [1.82, 2.24) is 4.57 Å². The van der Waals surface area contributed by atoms with E-state index in [1.165, 1.54) is 16.7 Å². The third kappa shape index (κ3) is 3.36. The van der Waals surface area contributed by atoms with E-state index in [0.29, 0.717) is 0 Å². The molecule has 1 atom stereocenters. The Morgan fingerprint density at radius 2 is 1.54 bits per heavy atom. The molecule has 0 spiro atoms. The summed E-state index contributed by atoms with van der Waals surface area (Å²) in [6, 6.07) is 24.1. The number of imidazole rings is 1. The van der Waals surface area contributed by atoms with Crippen LogP contribution in [-0.2, 0) is 6.54 Å². The average Bonchev–Trinajstić information content (AvgIpc) is 3.06. The molecule has 0 aliphatic heterocycles. The first-order valence-corrected chi connectivity index (χ1v) is 9.69. The number of ketones is 1. The summed E-state index contributed by atoms with van der Waals surface area (Å²) in [5.74, 6) is 0.127. The van der Waals surface area contributed by atoms with Crippen molar-refractivity contribution >= 4 is 16.8 Å². The minimum atomic E-state index is -0.274. The molecule has 140 valence electrons. The van der Waals surface area contributed by atoms with Crippen molar-refractivity contribution in [3.63, 3.8) is 0 Å². The molecule has 0 saturated carbocycles. The Morgan fingerprint density at radius 1 is 0.929 bits per heavy atom. The minimum absolute atomic E-state index is 0.127. The molecule has 1 heterocycles. The van der Waals surface area contributed by atoms with E-state index >= 15 is 0 Å². The van der Waals surface area contributed by atoms with E-state index in [9.17, 15) is 4.79 Å². The van der Waals surface area contributed by atoms with Crippen LogP contribution in [0.1, 0.15) is 40.0 Å². The molecular weight excluding hydrogens is 344 g/mol. The number of hydrogen-bond donors (Lipinski definition) is 0. The smallest absolute Gasteiger partial charge is 0.245 e. The lowest BCUT2D eigenvalue weighted by atomic mass is 10.0. The van der Waals surface area contributed by atoms with Crippen LogP contribution in [0.15, 0.2) is 79.1 Å². The zero-order chi connectivity index (χ0) is 19.7. The van der Waals surface area contributed by atoms with Crippen molar-refractivity contribution in [3.8, 4) is 0 Å². The fourth-order valence-electron chi connectivity index (χ4n) is 3.68. The Balaban J connectivity index is 1.81. The van der Waals surface area contributed by atoms with Crippen LogP contribution >= 0.6 is 0 Å². The molecule has 3 aromatic carbocycles. The van der Waals surface area contributed by atoms with Crippen LogP contribution in [0.2, 0.25) is 0 Å². The van der Waals surface area contributed by atoms with Gasteiger partial charge in [-0.2, -0.15) is 0 Å². The Bertz CT molecular complexity index is 1130. The molecule has 3 heteroatoms. The van der Waals surface area contributed by atoms with E-state index in [2.05, 4.69) is 65.7 Å². The molecule has 0 amide bonds. The number of carbonyl (C=O) groups is 1. The van der Waals surface area contributed by atoms with Crippen LogP contribution in [0.4, 0.5) is 0 Å². The molecule has 0 saturated heterocycles. The van der Waals surface area contributed by atoms with Crippen LogP contribution in [0.5, 0.6) is 0 Å². The summed E-state index contributed by atoms with van der Waals surface area (Å²) in [5, 5.41) is 0. The van der Waals surface area contributed by atoms with Gasteiger partial charge in [0.05, 0.1) is 0 Å². The lowest BCUT2D eigenvalue weighted by Gasteiger charge is -2.08. The molecule has 1 aromatic heterocycles. The summed E-state index contributed by atoms with van der Waals surface area (Å²) in [7, 11) is 0. The quantitative estimate of drug-likeness (QED) is 0.357. The zero-order valence-electron chi connectivity index (χ0n) is 16.6. The topological polar surface area (TPSA) is 25.9 Å². The number of rotatable bonds is 5. The molecule has 0 radical (unpaired) electrons. The fourth-order valence-corrected chi connectivity index (χ4v) is 3.68. The second-order valence-electron chi connectivity index (χ2n) is 7.47. The third-order valence-corrected chi connectivity index (χ3v) is 5.49. The van der Waals surface area contributed by atoms with E-state index in [1.807, 2.05) is 43.3 Å². The van der Waals surface area contributed by atoms with Crippen molar-refractivity contribution in [3.05, 3.63) is 101 Å². The Labute approximate surface area is 165 Å². The standard InChI is InChI=1S/C25H25N2O/c1-18-14-23-24(15-19(18)2)27(17-26(23)16-21-10-6-4-7-11-21)20(3)25(28)22-12-8-5-9-13-22/h4-15,17,20H,16H2,1-3H3/q+1/t20-/m0/s1.